The van der Waals surface area contributed by atoms with Gasteiger partial charge in [-0.2, -0.15) is 0 Å². The van der Waals surface area contributed by atoms with Crippen LogP contribution in [0.25, 0.3) is 0 Å². The minimum atomic E-state index is -0.356. The molecule has 37 heavy (non-hydrogen) atoms. The zero-order valence-electron chi connectivity index (χ0n) is 21.1. The van der Waals surface area contributed by atoms with Crippen LogP contribution in [0.15, 0.2) is 40.5 Å². The summed E-state index contributed by atoms with van der Waals surface area (Å²) in [6, 6.07) is 5.70. The highest BCUT2D eigenvalue weighted by atomic mass is 19.1. The van der Waals surface area contributed by atoms with E-state index in [-0.39, 0.29) is 48.3 Å². The third-order valence-corrected chi connectivity index (χ3v) is 7.69. The van der Waals surface area contributed by atoms with E-state index in [2.05, 4.69) is 4.90 Å². The minimum Gasteiger partial charge on any atom is -0.376 e. The number of hydrogen-bond donors (Lipinski definition) is 0. The highest BCUT2D eigenvalue weighted by Gasteiger charge is 2.31. The van der Waals surface area contributed by atoms with Gasteiger partial charge in [-0.25, -0.2) is 4.39 Å². The molecule has 4 aliphatic rings. The number of ether oxygens (including phenoxy) is 2. The second kappa shape index (κ2) is 11.8. The first-order chi connectivity index (χ1) is 18.0. The molecule has 2 fully saturated rings. The van der Waals surface area contributed by atoms with Crippen LogP contribution in [-0.2, 0) is 19.1 Å². The number of piperidine rings is 1. The minimum absolute atomic E-state index is 0.000709. The largest absolute Gasteiger partial charge is 0.376 e. The molecule has 0 aromatic heterocycles. The Morgan fingerprint density at radius 3 is 2.62 bits per heavy atom. The molecule has 2 saturated heterocycles. The number of halogens is 1. The van der Waals surface area contributed by atoms with Crippen LogP contribution >= 0.6 is 0 Å². The summed E-state index contributed by atoms with van der Waals surface area (Å²) in [5, 5.41) is 0. The Kier molecular flexibility index (Phi) is 8.22. The van der Waals surface area contributed by atoms with E-state index in [1.54, 1.807) is 4.90 Å². The lowest BCUT2D eigenvalue weighted by Gasteiger charge is -2.34. The van der Waals surface area contributed by atoms with Crippen molar-refractivity contribution in [3.8, 4) is 0 Å². The number of likely N-dealkylation sites (tertiary alicyclic amines) is 1. The number of nitrogens with zero attached hydrogens (tertiary/aromatic N) is 3. The number of hydrogen-bond acceptors (Lipinski definition) is 7. The van der Waals surface area contributed by atoms with Crippen LogP contribution in [0.2, 0.25) is 0 Å². The van der Waals surface area contributed by atoms with Crippen LogP contribution in [0.3, 0.4) is 0 Å². The monoisotopic (exact) mass is 511 g/mol. The van der Waals surface area contributed by atoms with Gasteiger partial charge in [-0.3, -0.25) is 24.3 Å². The van der Waals surface area contributed by atoms with Gasteiger partial charge >= 0.3 is 0 Å². The number of aliphatic imine (C=N–C) groups is 1. The molecule has 0 unspecified atom stereocenters. The molecule has 4 aliphatic heterocycles. The fourth-order valence-electron chi connectivity index (χ4n) is 5.56. The van der Waals surface area contributed by atoms with Crippen LogP contribution < -0.4 is 0 Å². The second-order valence-electron chi connectivity index (χ2n) is 10.3. The summed E-state index contributed by atoms with van der Waals surface area (Å²) in [7, 11) is 0. The molecule has 5 rings (SSSR count). The average molecular weight is 512 g/mol. The molecule has 0 spiro atoms. The van der Waals surface area contributed by atoms with Gasteiger partial charge in [0.2, 0.25) is 5.91 Å². The molecule has 1 amide bonds. The summed E-state index contributed by atoms with van der Waals surface area (Å²) in [6.45, 7) is 3.94. The van der Waals surface area contributed by atoms with Crippen molar-refractivity contribution in [1.29, 1.82) is 0 Å². The number of ketones is 2. The molecule has 1 atom stereocenters. The van der Waals surface area contributed by atoms with Crippen LogP contribution in [0.1, 0.15) is 48.9 Å². The highest BCUT2D eigenvalue weighted by molar-refractivity contribution is 6.13. The van der Waals surface area contributed by atoms with E-state index in [4.69, 9.17) is 14.5 Å². The van der Waals surface area contributed by atoms with E-state index in [1.807, 2.05) is 0 Å². The van der Waals surface area contributed by atoms with Gasteiger partial charge in [-0.05, 0) is 63.0 Å². The first kappa shape index (κ1) is 25.9. The zero-order valence-corrected chi connectivity index (χ0v) is 21.1. The van der Waals surface area contributed by atoms with E-state index < -0.39 is 0 Å². The van der Waals surface area contributed by atoms with Gasteiger partial charge in [-0.1, -0.05) is 0 Å². The lowest BCUT2D eigenvalue weighted by atomic mass is 9.89. The van der Waals surface area contributed by atoms with Crippen molar-refractivity contribution in [2.45, 2.75) is 44.6 Å². The fourth-order valence-corrected chi connectivity index (χ4v) is 5.56. The zero-order chi connectivity index (χ0) is 25.8. The molecule has 1 aromatic rings. The van der Waals surface area contributed by atoms with Gasteiger partial charge in [0, 0.05) is 42.3 Å². The summed E-state index contributed by atoms with van der Waals surface area (Å²) in [6.07, 6.45) is 4.06. The summed E-state index contributed by atoms with van der Waals surface area (Å²) in [5.41, 5.74) is 2.73. The molecule has 0 saturated carbocycles. The number of Topliss-reactive ketones (excluding diaryl/α,β-unsaturated/α-hetero) is 2. The van der Waals surface area contributed by atoms with Gasteiger partial charge in [0.15, 0.2) is 11.6 Å². The highest BCUT2D eigenvalue weighted by Crippen LogP contribution is 2.25. The van der Waals surface area contributed by atoms with E-state index in [1.165, 1.54) is 24.3 Å². The molecule has 0 aliphatic carbocycles. The number of carbonyl (C=O) groups excluding carboxylic acids is 3. The Morgan fingerprint density at radius 1 is 1.11 bits per heavy atom. The maximum atomic E-state index is 13.5. The lowest BCUT2D eigenvalue weighted by Crippen LogP contribution is -2.48. The third kappa shape index (κ3) is 6.40. The quantitative estimate of drug-likeness (QED) is 0.499. The smallest absolute Gasteiger partial charge is 0.237 e. The topological polar surface area (TPSA) is 88.5 Å². The molecule has 4 heterocycles. The van der Waals surface area contributed by atoms with E-state index in [0.29, 0.717) is 76.4 Å². The first-order valence-corrected chi connectivity index (χ1v) is 13.3. The van der Waals surface area contributed by atoms with Crippen molar-refractivity contribution in [3.05, 3.63) is 46.9 Å². The van der Waals surface area contributed by atoms with Crippen molar-refractivity contribution in [1.82, 2.24) is 9.80 Å². The van der Waals surface area contributed by atoms with Crippen LogP contribution in [0.4, 0.5) is 4.39 Å². The van der Waals surface area contributed by atoms with Crippen LogP contribution in [0, 0.1) is 11.7 Å². The molecule has 0 bridgehead atoms. The average Bonchev–Trinajstić information content (AvgIpc) is 3.42. The van der Waals surface area contributed by atoms with Gasteiger partial charge in [0.05, 0.1) is 44.5 Å². The Morgan fingerprint density at radius 2 is 1.89 bits per heavy atom. The maximum Gasteiger partial charge on any atom is 0.237 e. The van der Waals surface area contributed by atoms with E-state index in [0.717, 1.165) is 24.3 Å². The predicted octanol–water partition coefficient (Wildman–Crippen LogP) is 2.82. The Balaban J connectivity index is 1.20. The SMILES string of the molecule is O=C1CC(CN(C[C@@H]2CCCO2)C(=O)CN2CCC(C(=O)c3ccc(F)cc3)CC2)=NC2=C1COCC2. The molecule has 198 valence electrons. The number of benzene rings is 1. The summed E-state index contributed by atoms with van der Waals surface area (Å²) < 4.78 is 24.4. The lowest BCUT2D eigenvalue weighted by molar-refractivity contribution is -0.133. The van der Waals surface area contributed by atoms with Crippen molar-refractivity contribution in [2.24, 2.45) is 10.9 Å². The van der Waals surface area contributed by atoms with Gasteiger partial charge in [-0.15, -0.1) is 0 Å². The predicted molar refractivity (Wildman–Crippen MR) is 135 cm³/mol. The number of rotatable bonds is 8. The standard InChI is InChI=1S/C28H34FN3O5/c29-21-5-3-19(4-6-21)28(35)20-7-10-31(11-8-20)17-27(34)32(16-23-2-1-12-37-23)15-22-14-26(33)24-18-36-13-9-25(24)30-22/h3-6,20,23H,1-2,7-18H2/t23-/m0/s1. The Hall–Kier alpha value is -2.75. The van der Waals surface area contributed by atoms with Crippen molar-refractivity contribution < 1.29 is 28.2 Å². The van der Waals surface area contributed by atoms with Crippen molar-refractivity contribution >= 4 is 23.2 Å². The molecular weight excluding hydrogens is 477 g/mol. The van der Waals surface area contributed by atoms with Crippen molar-refractivity contribution in [3.63, 3.8) is 0 Å². The van der Waals surface area contributed by atoms with Crippen LogP contribution in [0.5, 0.6) is 0 Å². The van der Waals surface area contributed by atoms with Crippen LogP contribution in [-0.4, -0.2) is 91.6 Å². The fraction of sp³-hybridized carbons (Fsp3) is 0.571. The van der Waals surface area contributed by atoms with Gasteiger partial charge < -0.3 is 14.4 Å². The van der Waals surface area contributed by atoms with Gasteiger partial charge in [0.25, 0.3) is 0 Å². The number of carbonyl (C=O) groups is 3. The maximum absolute atomic E-state index is 13.5. The molecular formula is C28H34FN3O5. The molecule has 8 nitrogen and oxygen atoms in total. The molecule has 0 radical (unpaired) electrons. The van der Waals surface area contributed by atoms with E-state index >= 15 is 0 Å². The summed E-state index contributed by atoms with van der Waals surface area (Å²) in [5.74, 6) is -0.416. The summed E-state index contributed by atoms with van der Waals surface area (Å²) >= 11 is 0. The molecule has 0 N–H and O–H groups in total. The first-order valence-electron chi connectivity index (χ1n) is 13.3. The molecule has 9 heteroatoms. The Bertz CT molecular complexity index is 1090. The summed E-state index contributed by atoms with van der Waals surface area (Å²) in [4.78, 5) is 47.6. The molecule has 1 aromatic carbocycles. The van der Waals surface area contributed by atoms with E-state index in [9.17, 15) is 18.8 Å². The van der Waals surface area contributed by atoms with Crippen molar-refractivity contribution in [2.75, 3.05) is 52.5 Å². The Labute approximate surface area is 216 Å². The third-order valence-electron chi connectivity index (χ3n) is 7.69. The van der Waals surface area contributed by atoms with Gasteiger partial charge in [0.1, 0.15) is 5.82 Å². The normalized spacial score (nSPS) is 23.1. The second-order valence-corrected chi connectivity index (χ2v) is 10.3. The number of amides is 1.